The van der Waals surface area contributed by atoms with E-state index in [-0.39, 0.29) is 5.56 Å². The first kappa shape index (κ1) is 10.7. The smallest absolute Gasteiger partial charge is 0.274 e. The molecule has 1 aromatic carbocycles. The van der Waals surface area contributed by atoms with Gasteiger partial charge in [-0.3, -0.25) is 4.79 Å². The van der Waals surface area contributed by atoms with Crippen LogP contribution in [0.25, 0.3) is 11.3 Å². The Bertz CT molecular complexity index is 566. The fraction of sp³-hybridized carbons (Fsp3) is 0.0909. The summed E-state index contributed by atoms with van der Waals surface area (Å²) in [5.74, 6) is 0.518. The molecule has 0 radical (unpaired) electrons. The van der Waals surface area contributed by atoms with Crippen LogP contribution in [0.4, 0.5) is 0 Å². The number of methoxy groups -OCH3 is 1. The first-order valence-electron chi connectivity index (χ1n) is 4.60. The molecule has 2 aromatic rings. The summed E-state index contributed by atoms with van der Waals surface area (Å²) in [6.45, 7) is 0. The molecule has 0 saturated heterocycles. The molecule has 82 valence electrons. The summed E-state index contributed by atoms with van der Waals surface area (Å²) in [5, 5.41) is 0.499. The van der Waals surface area contributed by atoms with Crippen LogP contribution in [0, 0.1) is 0 Å². The second-order valence-corrected chi connectivity index (χ2v) is 3.52. The van der Waals surface area contributed by atoms with Crippen molar-refractivity contribution >= 4 is 11.6 Å². The zero-order valence-corrected chi connectivity index (χ0v) is 9.28. The van der Waals surface area contributed by atoms with Crippen molar-refractivity contribution < 1.29 is 4.74 Å². The Hall–Kier alpha value is -1.81. The van der Waals surface area contributed by atoms with E-state index in [9.17, 15) is 4.79 Å². The lowest BCUT2D eigenvalue weighted by Gasteiger charge is -2.05. The van der Waals surface area contributed by atoms with E-state index in [2.05, 4.69) is 9.97 Å². The molecule has 1 N–H and O–H groups in total. The number of nitrogens with zero attached hydrogens (tertiary/aromatic N) is 1. The Morgan fingerprint density at radius 2 is 2.25 bits per heavy atom. The maximum atomic E-state index is 11.5. The van der Waals surface area contributed by atoms with Crippen LogP contribution >= 0.6 is 11.6 Å². The number of ether oxygens (including phenoxy) is 1. The number of nitrogens with one attached hydrogen (secondary N) is 1. The average Bonchev–Trinajstić information content (AvgIpc) is 2.31. The van der Waals surface area contributed by atoms with E-state index in [1.807, 2.05) is 0 Å². The van der Waals surface area contributed by atoms with Crippen LogP contribution in [-0.2, 0) is 0 Å². The molecule has 0 saturated carbocycles. The van der Waals surface area contributed by atoms with Gasteiger partial charge in [0.05, 0.1) is 12.1 Å². The van der Waals surface area contributed by atoms with Gasteiger partial charge in [0.15, 0.2) is 0 Å². The van der Waals surface area contributed by atoms with E-state index in [1.165, 1.54) is 19.5 Å². The minimum absolute atomic E-state index is 0.244. The molecule has 0 unspecified atom stereocenters. The molecular weight excluding hydrogens is 228 g/mol. The normalized spacial score (nSPS) is 10.1. The highest BCUT2D eigenvalue weighted by Gasteiger charge is 2.07. The molecule has 0 fully saturated rings. The monoisotopic (exact) mass is 236 g/mol. The van der Waals surface area contributed by atoms with E-state index < -0.39 is 0 Å². The highest BCUT2D eigenvalue weighted by Crippen LogP contribution is 2.28. The van der Waals surface area contributed by atoms with Crippen molar-refractivity contribution in [1.82, 2.24) is 9.97 Å². The van der Waals surface area contributed by atoms with Gasteiger partial charge in [-0.2, -0.15) is 0 Å². The maximum Gasteiger partial charge on any atom is 0.274 e. The van der Waals surface area contributed by atoms with Crippen LogP contribution < -0.4 is 10.3 Å². The summed E-state index contributed by atoms with van der Waals surface area (Å²) in [4.78, 5) is 18.1. The molecule has 1 heterocycles. The van der Waals surface area contributed by atoms with Crippen LogP contribution in [-0.4, -0.2) is 17.1 Å². The summed E-state index contributed by atoms with van der Waals surface area (Å²) in [6, 6.07) is 5.08. The van der Waals surface area contributed by atoms with Crippen molar-refractivity contribution in [2.24, 2.45) is 0 Å². The first-order valence-corrected chi connectivity index (χ1v) is 4.98. The average molecular weight is 237 g/mol. The predicted octanol–water partition coefficient (Wildman–Crippen LogP) is 2.10. The molecule has 5 heteroatoms. The van der Waals surface area contributed by atoms with Crippen LogP contribution in [0.5, 0.6) is 5.75 Å². The highest BCUT2D eigenvalue weighted by molar-refractivity contribution is 6.32. The number of hydrogen-bond acceptors (Lipinski definition) is 3. The Morgan fingerprint density at radius 3 is 2.94 bits per heavy atom. The Morgan fingerprint density at radius 1 is 1.44 bits per heavy atom. The van der Waals surface area contributed by atoms with Gasteiger partial charge in [-0.15, -0.1) is 0 Å². The molecule has 0 aliphatic carbocycles. The van der Waals surface area contributed by atoms with Crippen LogP contribution in [0.3, 0.4) is 0 Å². The first-order chi connectivity index (χ1) is 7.72. The highest BCUT2D eigenvalue weighted by atomic mass is 35.5. The second-order valence-electron chi connectivity index (χ2n) is 3.12. The van der Waals surface area contributed by atoms with Gasteiger partial charge >= 0.3 is 0 Å². The van der Waals surface area contributed by atoms with E-state index in [4.69, 9.17) is 16.3 Å². The quantitative estimate of drug-likeness (QED) is 0.869. The van der Waals surface area contributed by atoms with Gasteiger partial charge in [0.2, 0.25) is 0 Å². The number of benzene rings is 1. The number of hydrogen-bond donors (Lipinski definition) is 1. The summed E-state index contributed by atoms with van der Waals surface area (Å²) >= 11 is 5.89. The van der Waals surface area contributed by atoms with Crippen LogP contribution in [0.1, 0.15) is 0 Å². The number of aromatic amines is 1. The molecule has 16 heavy (non-hydrogen) atoms. The van der Waals surface area contributed by atoms with Crippen molar-refractivity contribution in [1.29, 1.82) is 0 Å². The molecule has 1 aromatic heterocycles. The van der Waals surface area contributed by atoms with E-state index in [0.717, 1.165) is 0 Å². The van der Waals surface area contributed by atoms with Crippen LogP contribution in [0.15, 0.2) is 35.4 Å². The molecule has 0 spiro atoms. The summed E-state index contributed by atoms with van der Waals surface area (Å²) < 4.78 is 5.08. The number of aromatic nitrogens is 2. The van der Waals surface area contributed by atoms with Crippen molar-refractivity contribution in [2.75, 3.05) is 7.11 Å². The van der Waals surface area contributed by atoms with Gasteiger partial charge in [0, 0.05) is 18.0 Å². The Kier molecular flexibility index (Phi) is 2.92. The number of H-pyrrole nitrogens is 1. The lowest BCUT2D eigenvalue weighted by molar-refractivity contribution is 0.415. The SMILES string of the molecule is COc1cc(-c2ncc[nH]c2=O)ccc1Cl. The van der Waals surface area contributed by atoms with Gasteiger partial charge in [-0.05, 0) is 12.1 Å². The van der Waals surface area contributed by atoms with Crippen LogP contribution in [0.2, 0.25) is 5.02 Å². The summed E-state index contributed by atoms with van der Waals surface area (Å²) in [5.41, 5.74) is 0.771. The van der Waals surface area contributed by atoms with Crippen molar-refractivity contribution in [2.45, 2.75) is 0 Å². The second kappa shape index (κ2) is 4.37. The fourth-order valence-electron chi connectivity index (χ4n) is 1.36. The van der Waals surface area contributed by atoms with Gasteiger partial charge in [0.25, 0.3) is 5.56 Å². The molecule has 0 aliphatic rings. The third-order valence-corrected chi connectivity index (χ3v) is 2.44. The van der Waals surface area contributed by atoms with Gasteiger partial charge in [-0.25, -0.2) is 4.98 Å². The molecule has 0 bridgehead atoms. The summed E-state index contributed by atoms with van der Waals surface area (Å²) in [6.07, 6.45) is 3.01. The standard InChI is InChI=1S/C11H9ClN2O2/c1-16-9-6-7(2-3-8(9)12)10-11(15)14-5-4-13-10/h2-6H,1H3,(H,14,15). The van der Waals surface area contributed by atoms with Crippen molar-refractivity contribution in [3.05, 3.63) is 46.0 Å². The maximum absolute atomic E-state index is 11.5. The topological polar surface area (TPSA) is 55.0 Å². The largest absolute Gasteiger partial charge is 0.495 e. The van der Waals surface area contributed by atoms with Gasteiger partial charge < -0.3 is 9.72 Å². The molecule has 0 aliphatic heterocycles. The van der Waals surface area contributed by atoms with Gasteiger partial charge in [-0.1, -0.05) is 17.7 Å². The zero-order chi connectivity index (χ0) is 11.5. The molecule has 0 amide bonds. The van der Waals surface area contributed by atoms with E-state index >= 15 is 0 Å². The lowest BCUT2D eigenvalue weighted by Crippen LogP contribution is -2.09. The third kappa shape index (κ3) is 1.92. The van der Waals surface area contributed by atoms with Gasteiger partial charge in [0.1, 0.15) is 11.4 Å². The third-order valence-electron chi connectivity index (χ3n) is 2.13. The number of rotatable bonds is 2. The molecular formula is C11H9ClN2O2. The molecule has 4 nitrogen and oxygen atoms in total. The van der Waals surface area contributed by atoms with E-state index in [0.29, 0.717) is 22.0 Å². The van der Waals surface area contributed by atoms with E-state index in [1.54, 1.807) is 18.2 Å². The molecule has 2 rings (SSSR count). The van der Waals surface area contributed by atoms with Crippen molar-refractivity contribution in [3.63, 3.8) is 0 Å². The predicted molar refractivity (Wildman–Crippen MR) is 61.9 cm³/mol. The fourth-order valence-corrected chi connectivity index (χ4v) is 1.56. The van der Waals surface area contributed by atoms with Crippen molar-refractivity contribution in [3.8, 4) is 17.0 Å². The summed E-state index contributed by atoms with van der Waals surface area (Å²) in [7, 11) is 1.52. The Balaban J connectivity index is 2.57. The minimum Gasteiger partial charge on any atom is -0.495 e. The Labute approximate surface area is 96.9 Å². The minimum atomic E-state index is -0.244. The zero-order valence-electron chi connectivity index (χ0n) is 8.53. The lowest BCUT2D eigenvalue weighted by atomic mass is 10.1. The number of halogens is 1. The molecule has 0 atom stereocenters.